The number of carboxylic acids is 1. The second-order valence-corrected chi connectivity index (χ2v) is 25.6. The van der Waals surface area contributed by atoms with Gasteiger partial charge in [0.1, 0.15) is 0 Å². The molecule has 240 valence electrons. The van der Waals surface area contributed by atoms with Crippen LogP contribution in [0.3, 0.4) is 0 Å². The minimum atomic E-state index is -1.93. The number of hydrogen-bond donors (Lipinski definition) is 1. The molecule has 4 nitrogen and oxygen atoms in total. The second-order valence-electron chi connectivity index (χ2n) is 16.0. The van der Waals surface area contributed by atoms with Crippen LogP contribution >= 0.6 is 0 Å². The van der Waals surface area contributed by atoms with Crippen molar-refractivity contribution in [1.29, 1.82) is 0 Å². The van der Waals surface area contributed by atoms with Crippen molar-refractivity contribution >= 4 is 22.6 Å². The summed E-state index contributed by atoms with van der Waals surface area (Å²) in [6.45, 7) is 30.5. The first-order valence-electron chi connectivity index (χ1n) is 16.7. The Morgan fingerprint density at radius 2 is 1.56 bits per heavy atom. The summed E-state index contributed by atoms with van der Waals surface area (Å²) in [6, 6.07) is 0. The standard InChI is InChI=1S/C35H68O4Si2/c1-14-15-20-27(2)25-29(38-40(10,11)34(4,5)6)23-24-31-30(21-18-16-17-19-22-33(36)37)28(3)26-32(31)39-41(12,13)35(7,8)9/h23-24,27,29,31-32H,14-22,25-26H2,1-13H3,(H,36,37)/b24-23+/t27-,29-,31-,32-/m1/s1. The molecule has 1 rings (SSSR count). The van der Waals surface area contributed by atoms with Crippen LogP contribution in [0.1, 0.15) is 133 Å². The molecule has 1 aliphatic carbocycles. The fraction of sp³-hybridized carbons (Fsp3) is 0.857. The largest absolute Gasteiger partial charge is 0.481 e. The Bertz CT molecular complexity index is 860. The van der Waals surface area contributed by atoms with Gasteiger partial charge in [0.15, 0.2) is 16.6 Å². The van der Waals surface area contributed by atoms with Crippen molar-refractivity contribution in [2.75, 3.05) is 0 Å². The lowest BCUT2D eigenvalue weighted by atomic mass is 9.92. The lowest BCUT2D eigenvalue weighted by molar-refractivity contribution is -0.137. The van der Waals surface area contributed by atoms with E-state index in [1.165, 1.54) is 24.8 Å². The highest BCUT2D eigenvalue weighted by atomic mass is 28.4. The molecule has 41 heavy (non-hydrogen) atoms. The van der Waals surface area contributed by atoms with E-state index in [-0.39, 0.29) is 28.7 Å². The van der Waals surface area contributed by atoms with Gasteiger partial charge in [-0.3, -0.25) is 4.79 Å². The van der Waals surface area contributed by atoms with E-state index in [1.807, 2.05) is 0 Å². The molecule has 0 spiro atoms. The van der Waals surface area contributed by atoms with Crippen molar-refractivity contribution in [1.82, 2.24) is 0 Å². The predicted octanol–water partition coefficient (Wildman–Crippen LogP) is 11.3. The van der Waals surface area contributed by atoms with Crippen LogP contribution in [0.5, 0.6) is 0 Å². The molecule has 0 aromatic rings. The summed E-state index contributed by atoms with van der Waals surface area (Å²) in [5.41, 5.74) is 3.04. The van der Waals surface area contributed by atoms with E-state index in [0.29, 0.717) is 11.8 Å². The second kappa shape index (κ2) is 16.4. The van der Waals surface area contributed by atoms with Crippen LogP contribution in [0.25, 0.3) is 0 Å². The van der Waals surface area contributed by atoms with Crippen molar-refractivity contribution in [3.8, 4) is 0 Å². The molecule has 6 heteroatoms. The SMILES string of the molecule is CCCC[C@@H](C)C[C@@H](/C=C/[C@@H]1C(CCCCCCC(=O)O)=C(C)C[C@H]1O[Si](C)(C)C(C)(C)C)O[Si](C)(C)C(C)(C)C. The van der Waals surface area contributed by atoms with Crippen LogP contribution in [0.2, 0.25) is 36.3 Å². The van der Waals surface area contributed by atoms with E-state index in [0.717, 1.165) is 44.9 Å². The minimum Gasteiger partial charge on any atom is -0.481 e. The van der Waals surface area contributed by atoms with Gasteiger partial charge in [0.2, 0.25) is 0 Å². The molecule has 4 atom stereocenters. The van der Waals surface area contributed by atoms with Crippen molar-refractivity contribution in [2.45, 2.75) is 181 Å². The Morgan fingerprint density at radius 3 is 2.10 bits per heavy atom. The van der Waals surface area contributed by atoms with Gasteiger partial charge in [-0.25, -0.2) is 0 Å². The van der Waals surface area contributed by atoms with E-state index >= 15 is 0 Å². The highest BCUT2D eigenvalue weighted by molar-refractivity contribution is 6.74. The third-order valence-electron chi connectivity index (χ3n) is 10.2. The molecule has 1 N–H and O–H groups in total. The molecule has 0 amide bonds. The highest BCUT2D eigenvalue weighted by Gasteiger charge is 2.43. The molecule has 0 saturated carbocycles. The number of hydrogen-bond acceptors (Lipinski definition) is 3. The van der Waals surface area contributed by atoms with Crippen molar-refractivity contribution < 1.29 is 18.8 Å². The summed E-state index contributed by atoms with van der Waals surface area (Å²) < 4.78 is 14.2. The van der Waals surface area contributed by atoms with Gasteiger partial charge in [-0.05, 0) is 81.2 Å². The molecular formula is C35H68O4Si2. The number of unbranched alkanes of at least 4 members (excludes halogenated alkanes) is 4. The third-order valence-corrected chi connectivity index (χ3v) is 19.2. The molecule has 0 unspecified atom stereocenters. The van der Waals surface area contributed by atoms with Gasteiger partial charge in [0, 0.05) is 12.3 Å². The Labute approximate surface area is 257 Å². The van der Waals surface area contributed by atoms with Gasteiger partial charge in [-0.1, -0.05) is 111 Å². The van der Waals surface area contributed by atoms with Gasteiger partial charge in [-0.2, -0.15) is 0 Å². The summed E-state index contributed by atoms with van der Waals surface area (Å²) in [4.78, 5) is 10.9. The normalized spacial score (nSPS) is 20.7. The van der Waals surface area contributed by atoms with E-state index in [1.54, 1.807) is 5.57 Å². The zero-order valence-corrected chi connectivity index (χ0v) is 31.4. The van der Waals surface area contributed by atoms with E-state index in [9.17, 15) is 4.79 Å². The summed E-state index contributed by atoms with van der Waals surface area (Å²) >= 11 is 0. The zero-order chi connectivity index (χ0) is 31.6. The molecular weight excluding hydrogens is 541 g/mol. The van der Waals surface area contributed by atoms with Gasteiger partial charge < -0.3 is 14.0 Å². The highest BCUT2D eigenvalue weighted by Crippen LogP contribution is 2.44. The molecule has 0 radical (unpaired) electrons. The van der Waals surface area contributed by atoms with Crippen LogP contribution in [0.4, 0.5) is 0 Å². The number of rotatable bonds is 18. The lowest BCUT2D eigenvalue weighted by Crippen LogP contribution is -2.45. The van der Waals surface area contributed by atoms with Crippen molar-refractivity contribution in [3.63, 3.8) is 0 Å². The van der Waals surface area contributed by atoms with Crippen molar-refractivity contribution in [3.05, 3.63) is 23.3 Å². The van der Waals surface area contributed by atoms with E-state index in [2.05, 4.69) is 101 Å². The zero-order valence-electron chi connectivity index (χ0n) is 29.4. The summed E-state index contributed by atoms with van der Waals surface area (Å²) in [7, 11) is -3.86. The summed E-state index contributed by atoms with van der Waals surface area (Å²) in [5, 5.41) is 9.32. The number of carboxylic acid groups (broad SMARTS) is 1. The van der Waals surface area contributed by atoms with Gasteiger partial charge in [0.25, 0.3) is 0 Å². The first-order chi connectivity index (χ1) is 18.7. The van der Waals surface area contributed by atoms with Crippen molar-refractivity contribution in [2.24, 2.45) is 11.8 Å². The maximum atomic E-state index is 10.9. The maximum Gasteiger partial charge on any atom is 0.303 e. The molecule has 1 aliphatic rings. The van der Waals surface area contributed by atoms with Crippen LogP contribution in [-0.4, -0.2) is 39.9 Å². The molecule has 0 aliphatic heterocycles. The van der Waals surface area contributed by atoms with Gasteiger partial charge in [-0.15, -0.1) is 0 Å². The molecule has 0 aromatic heterocycles. The Morgan fingerprint density at radius 1 is 0.976 bits per heavy atom. The van der Waals surface area contributed by atoms with E-state index < -0.39 is 22.6 Å². The molecule has 0 bridgehead atoms. The maximum absolute atomic E-state index is 10.9. The molecule has 0 heterocycles. The molecule has 0 fully saturated rings. The van der Waals surface area contributed by atoms with Crippen LogP contribution in [-0.2, 0) is 13.6 Å². The summed E-state index contributed by atoms with van der Waals surface area (Å²) in [6.07, 6.45) is 16.4. The molecule has 0 saturated heterocycles. The average Bonchev–Trinajstić information content (AvgIpc) is 3.09. The van der Waals surface area contributed by atoms with Gasteiger partial charge >= 0.3 is 5.97 Å². The third kappa shape index (κ3) is 12.8. The average molecular weight is 609 g/mol. The van der Waals surface area contributed by atoms with Gasteiger partial charge in [0.05, 0.1) is 12.2 Å². The number of aliphatic carboxylic acids is 1. The topological polar surface area (TPSA) is 55.8 Å². The van der Waals surface area contributed by atoms with Crippen LogP contribution < -0.4 is 0 Å². The fourth-order valence-corrected chi connectivity index (χ4v) is 7.96. The first-order valence-corrected chi connectivity index (χ1v) is 22.5. The lowest BCUT2D eigenvalue weighted by Gasteiger charge is -2.40. The molecule has 0 aromatic carbocycles. The Balaban J connectivity index is 3.26. The van der Waals surface area contributed by atoms with Crippen LogP contribution in [0, 0.1) is 11.8 Å². The fourth-order valence-electron chi connectivity index (χ4n) is 5.34. The minimum absolute atomic E-state index is 0.134. The Kier molecular flexibility index (Phi) is 15.3. The summed E-state index contributed by atoms with van der Waals surface area (Å²) in [5.74, 6) is 0.244. The smallest absolute Gasteiger partial charge is 0.303 e. The quantitative estimate of drug-likeness (QED) is 0.0955. The Hall–Kier alpha value is -0.696. The first kappa shape index (κ1) is 38.3. The number of carbonyl (C=O) groups is 1. The van der Waals surface area contributed by atoms with Crippen LogP contribution in [0.15, 0.2) is 23.3 Å². The predicted molar refractivity (Wildman–Crippen MR) is 183 cm³/mol. The monoisotopic (exact) mass is 608 g/mol. The van der Waals surface area contributed by atoms with E-state index in [4.69, 9.17) is 14.0 Å².